The first kappa shape index (κ1) is 19.7. The Labute approximate surface area is 149 Å². The summed E-state index contributed by atoms with van der Waals surface area (Å²) < 4.78 is 23.5. The van der Waals surface area contributed by atoms with Gasteiger partial charge in [0.1, 0.15) is 5.41 Å². The summed E-state index contributed by atoms with van der Waals surface area (Å²) in [5, 5.41) is 0. The van der Waals surface area contributed by atoms with Crippen LogP contribution < -0.4 is 0 Å². The predicted molar refractivity (Wildman–Crippen MR) is 92.4 cm³/mol. The summed E-state index contributed by atoms with van der Waals surface area (Å²) in [5.74, 6) is -0.555. The molecule has 25 heavy (non-hydrogen) atoms. The van der Waals surface area contributed by atoms with Gasteiger partial charge in [-0.3, -0.25) is 14.4 Å². The number of piperazine rings is 1. The van der Waals surface area contributed by atoms with Gasteiger partial charge in [-0.2, -0.15) is 0 Å². The van der Waals surface area contributed by atoms with Gasteiger partial charge in [-0.15, -0.1) is 0 Å². The van der Waals surface area contributed by atoms with Crippen LogP contribution in [0.4, 0.5) is 0 Å². The van der Waals surface area contributed by atoms with Crippen molar-refractivity contribution in [1.82, 2.24) is 14.7 Å². The van der Waals surface area contributed by atoms with E-state index in [1.54, 1.807) is 30.6 Å². The maximum Gasteiger partial charge on any atom is 0.237 e. The van der Waals surface area contributed by atoms with E-state index in [0.717, 1.165) is 6.41 Å². The molecule has 0 bridgehead atoms. The Hall–Kier alpha value is -1.64. The van der Waals surface area contributed by atoms with Gasteiger partial charge in [-0.05, 0) is 27.2 Å². The number of carbonyl (C=O) groups is 3. The molecule has 2 fully saturated rings. The van der Waals surface area contributed by atoms with Crippen LogP contribution >= 0.6 is 0 Å². The van der Waals surface area contributed by atoms with Crippen molar-refractivity contribution in [3.63, 3.8) is 0 Å². The molecule has 142 valence electrons. The number of hydrogen-bond acceptors (Lipinski definition) is 5. The Bertz CT molecular complexity index is 638. The fraction of sp³-hybridized carbons (Fsp3) is 0.812. The predicted octanol–water partition coefficient (Wildman–Crippen LogP) is -0.651. The van der Waals surface area contributed by atoms with Crippen molar-refractivity contribution in [2.24, 2.45) is 5.41 Å². The highest BCUT2D eigenvalue weighted by molar-refractivity contribution is 7.91. The fourth-order valence-corrected chi connectivity index (χ4v) is 5.20. The number of amides is 3. The second-order valence-corrected chi connectivity index (χ2v) is 9.44. The fourth-order valence-electron chi connectivity index (χ4n) is 3.47. The number of rotatable bonds is 5. The molecular formula is C16H27N3O5S. The number of sulfone groups is 1. The van der Waals surface area contributed by atoms with E-state index in [2.05, 4.69) is 0 Å². The summed E-state index contributed by atoms with van der Waals surface area (Å²) >= 11 is 0. The van der Waals surface area contributed by atoms with Crippen molar-refractivity contribution in [3.8, 4) is 0 Å². The lowest BCUT2D eigenvalue weighted by atomic mass is 9.88. The van der Waals surface area contributed by atoms with Crippen LogP contribution in [0.25, 0.3) is 0 Å². The van der Waals surface area contributed by atoms with Gasteiger partial charge < -0.3 is 14.7 Å². The Morgan fingerprint density at radius 2 is 1.80 bits per heavy atom. The van der Waals surface area contributed by atoms with E-state index in [0.29, 0.717) is 39.1 Å². The number of carbonyl (C=O) groups excluding carboxylic acids is 3. The smallest absolute Gasteiger partial charge is 0.237 e. The average molecular weight is 373 g/mol. The minimum absolute atomic E-state index is 0.0329. The van der Waals surface area contributed by atoms with E-state index in [9.17, 15) is 22.8 Å². The minimum Gasteiger partial charge on any atom is -0.342 e. The van der Waals surface area contributed by atoms with Gasteiger partial charge in [0.15, 0.2) is 9.84 Å². The van der Waals surface area contributed by atoms with Crippen LogP contribution in [0.2, 0.25) is 0 Å². The third-order valence-electron chi connectivity index (χ3n) is 5.07. The lowest BCUT2D eigenvalue weighted by Crippen LogP contribution is -2.57. The van der Waals surface area contributed by atoms with Crippen LogP contribution in [0, 0.1) is 5.41 Å². The number of hydrogen-bond donors (Lipinski definition) is 0. The first-order valence-corrected chi connectivity index (χ1v) is 10.4. The van der Waals surface area contributed by atoms with Crippen molar-refractivity contribution >= 4 is 28.1 Å². The summed E-state index contributed by atoms with van der Waals surface area (Å²) in [6.07, 6.45) is 1.18. The average Bonchev–Trinajstić information content (AvgIpc) is 2.94. The van der Waals surface area contributed by atoms with Gasteiger partial charge in [0.05, 0.1) is 11.5 Å². The second kappa shape index (κ2) is 7.31. The Kier molecular flexibility index (Phi) is 5.75. The van der Waals surface area contributed by atoms with Crippen LogP contribution in [0.5, 0.6) is 0 Å². The molecule has 2 aliphatic heterocycles. The van der Waals surface area contributed by atoms with Gasteiger partial charge in [0.2, 0.25) is 18.2 Å². The molecular weight excluding hydrogens is 346 g/mol. The molecule has 0 saturated carbocycles. The van der Waals surface area contributed by atoms with Gasteiger partial charge in [0.25, 0.3) is 0 Å². The molecule has 0 radical (unpaired) electrons. The first-order chi connectivity index (χ1) is 11.6. The summed E-state index contributed by atoms with van der Waals surface area (Å²) in [5.41, 5.74) is -1.26. The zero-order chi connectivity index (χ0) is 18.8. The third kappa shape index (κ3) is 4.13. The normalized spacial score (nSPS) is 23.4. The molecule has 2 saturated heterocycles. The molecule has 1 atom stereocenters. The largest absolute Gasteiger partial charge is 0.342 e. The van der Waals surface area contributed by atoms with E-state index in [1.165, 1.54) is 4.90 Å². The van der Waals surface area contributed by atoms with E-state index < -0.39 is 15.3 Å². The molecule has 0 spiro atoms. The molecule has 1 unspecified atom stereocenters. The van der Waals surface area contributed by atoms with Crippen molar-refractivity contribution in [1.29, 1.82) is 0 Å². The Morgan fingerprint density at radius 3 is 2.24 bits per heavy atom. The van der Waals surface area contributed by atoms with E-state index >= 15 is 0 Å². The van der Waals surface area contributed by atoms with Crippen molar-refractivity contribution in [2.75, 3.05) is 44.2 Å². The van der Waals surface area contributed by atoms with Gasteiger partial charge in [0, 0.05) is 38.8 Å². The van der Waals surface area contributed by atoms with E-state index in [4.69, 9.17) is 0 Å². The monoisotopic (exact) mass is 373 g/mol. The SMILES string of the molecule is CCN(C(=O)C(C)(C)C(=O)N1CCN(C=O)CC1)C1CCS(=O)(=O)C1. The lowest BCUT2D eigenvalue weighted by Gasteiger charge is -2.39. The molecule has 0 aliphatic carbocycles. The quantitative estimate of drug-likeness (QED) is 0.471. The van der Waals surface area contributed by atoms with Crippen molar-refractivity contribution in [2.45, 2.75) is 33.2 Å². The molecule has 0 aromatic rings. The van der Waals surface area contributed by atoms with Crippen LogP contribution in [-0.4, -0.2) is 91.6 Å². The zero-order valence-corrected chi connectivity index (χ0v) is 15.9. The summed E-state index contributed by atoms with van der Waals surface area (Å²) in [6, 6.07) is -0.360. The maximum absolute atomic E-state index is 13.0. The molecule has 9 heteroatoms. The Balaban J connectivity index is 2.09. The van der Waals surface area contributed by atoms with Crippen LogP contribution in [0.1, 0.15) is 27.2 Å². The van der Waals surface area contributed by atoms with Crippen molar-refractivity contribution < 1.29 is 22.8 Å². The molecule has 0 aromatic carbocycles. The van der Waals surface area contributed by atoms with Gasteiger partial charge in [-0.25, -0.2) is 8.42 Å². The van der Waals surface area contributed by atoms with E-state index in [1.807, 2.05) is 0 Å². The standard InChI is InChI=1S/C16H27N3O5S/c1-4-19(13-5-10-25(23,24)11-13)15(22)16(2,3)14(21)18-8-6-17(12-20)7-9-18/h12-13H,4-11H2,1-3H3. The van der Waals surface area contributed by atoms with Gasteiger partial charge in [-0.1, -0.05) is 0 Å². The molecule has 3 amide bonds. The van der Waals surface area contributed by atoms with E-state index in [-0.39, 0.29) is 29.4 Å². The number of nitrogens with zero attached hydrogens (tertiary/aromatic N) is 3. The lowest BCUT2D eigenvalue weighted by molar-refractivity contribution is -0.156. The molecule has 2 heterocycles. The first-order valence-electron chi connectivity index (χ1n) is 8.62. The summed E-state index contributed by atoms with van der Waals surface area (Å²) in [6.45, 7) is 7.07. The van der Waals surface area contributed by atoms with Crippen LogP contribution in [0.15, 0.2) is 0 Å². The highest BCUT2D eigenvalue weighted by atomic mass is 32.2. The molecule has 2 rings (SSSR count). The highest BCUT2D eigenvalue weighted by Crippen LogP contribution is 2.27. The summed E-state index contributed by atoms with van der Waals surface area (Å²) in [4.78, 5) is 41.4. The van der Waals surface area contributed by atoms with Crippen LogP contribution in [0.3, 0.4) is 0 Å². The second-order valence-electron chi connectivity index (χ2n) is 7.21. The summed E-state index contributed by atoms with van der Waals surface area (Å²) in [7, 11) is -3.11. The molecule has 2 aliphatic rings. The maximum atomic E-state index is 13.0. The Morgan fingerprint density at radius 1 is 1.20 bits per heavy atom. The van der Waals surface area contributed by atoms with Crippen molar-refractivity contribution in [3.05, 3.63) is 0 Å². The van der Waals surface area contributed by atoms with Crippen LogP contribution in [-0.2, 0) is 24.2 Å². The van der Waals surface area contributed by atoms with Gasteiger partial charge >= 0.3 is 0 Å². The highest BCUT2D eigenvalue weighted by Gasteiger charge is 2.45. The minimum atomic E-state index is -3.11. The third-order valence-corrected chi connectivity index (χ3v) is 6.82. The topological polar surface area (TPSA) is 95.1 Å². The molecule has 8 nitrogen and oxygen atoms in total. The molecule has 0 N–H and O–H groups in total. The molecule has 0 aromatic heterocycles. The zero-order valence-electron chi connectivity index (χ0n) is 15.1.